The van der Waals surface area contributed by atoms with Gasteiger partial charge >= 0.3 is 0 Å². The van der Waals surface area contributed by atoms with E-state index in [4.69, 9.17) is 15.2 Å². The number of aromatic nitrogens is 4. The fourth-order valence-corrected chi connectivity index (χ4v) is 2.42. The summed E-state index contributed by atoms with van der Waals surface area (Å²) in [6.45, 7) is 5.23. The number of ether oxygens (including phenoxy) is 2. The third kappa shape index (κ3) is 4.27. The van der Waals surface area contributed by atoms with Crippen molar-refractivity contribution in [2.75, 3.05) is 25.6 Å². The van der Waals surface area contributed by atoms with Crippen molar-refractivity contribution in [3.05, 3.63) is 16.7 Å². The molecule has 4 N–H and O–H groups in total. The van der Waals surface area contributed by atoms with Crippen LogP contribution in [0, 0.1) is 5.92 Å². The fraction of sp³-hybridized carbons (Fsp3) is 0.643. The Balaban J connectivity index is 2.17. The van der Waals surface area contributed by atoms with Gasteiger partial charge in [0.1, 0.15) is 0 Å². The van der Waals surface area contributed by atoms with Crippen LogP contribution in [0.1, 0.15) is 20.3 Å². The van der Waals surface area contributed by atoms with Crippen molar-refractivity contribution in [1.82, 2.24) is 19.5 Å². The van der Waals surface area contributed by atoms with E-state index in [0.29, 0.717) is 31.8 Å². The summed E-state index contributed by atoms with van der Waals surface area (Å²) in [5.74, 6) is -0.0934. The van der Waals surface area contributed by atoms with E-state index in [0.717, 1.165) is 0 Å². The molecule has 0 aromatic carbocycles. The van der Waals surface area contributed by atoms with Gasteiger partial charge in [0, 0.05) is 38.7 Å². The number of H-pyrrole nitrogens is 1. The number of hydrogen-bond acceptors (Lipinski definition) is 7. The number of nitrogens with zero attached hydrogens (tertiary/aromatic N) is 3. The van der Waals surface area contributed by atoms with Crippen molar-refractivity contribution >= 4 is 17.1 Å². The number of anilines is 1. The molecule has 9 nitrogen and oxygen atoms in total. The second kappa shape index (κ2) is 8.04. The van der Waals surface area contributed by atoms with Crippen LogP contribution in [0.15, 0.2) is 11.1 Å². The predicted octanol–water partition coefficient (Wildman–Crippen LogP) is 0.0995. The summed E-state index contributed by atoms with van der Waals surface area (Å²) in [5.41, 5.74) is 5.82. The zero-order chi connectivity index (χ0) is 16.8. The minimum Gasteiger partial charge on any atom is -0.396 e. The molecule has 0 aliphatic carbocycles. The molecule has 128 valence electrons. The molecule has 9 heteroatoms. The Morgan fingerprint density at radius 1 is 1.39 bits per heavy atom. The van der Waals surface area contributed by atoms with Gasteiger partial charge in [0.05, 0.1) is 6.33 Å². The van der Waals surface area contributed by atoms with Crippen molar-refractivity contribution in [1.29, 1.82) is 0 Å². The number of aliphatic hydroxyl groups is 1. The predicted molar refractivity (Wildman–Crippen MR) is 84.8 cm³/mol. The normalized spacial score (nSPS) is 13.0. The zero-order valence-electron chi connectivity index (χ0n) is 13.4. The maximum Gasteiger partial charge on any atom is 0.280 e. The lowest BCUT2D eigenvalue weighted by Crippen LogP contribution is -2.25. The Morgan fingerprint density at radius 3 is 2.70 bits per heavy atom. The molecule has 0 spiro atoms. The summed E-state index contributed by atoms with van der Waals surface area (Å²) in [5, 5.41) is 9.63. The molecular formula is C14H23N5O4. The maximum atomic E-state index is 11.8. The fourth-order valence-electron chi connectivity index (χ4n) is 2.42. The average Bonchev–Trinajstić information content (AvgIpc) is 2.90. The van der Waals surface area contributed by atoms with Gasteiger partial charge in [-0.15, -0.1) is 0 Å². The minimum atomic E-state index is -0.381. The molecule has 0 amide bonds. The summed E-state index contributed by atoms with van der Waals surface area (Å²) in [4.78, 5) is 22.4. The summed E-state index contributed by atoms with van der Waals surface area (Å²) >= 11 is 0. The van der Waals surface area contributed by atoms with Gasteiger partial charge < -0.3 is 24.9 Å². The maximum absolute atomic E-state index is 11.8. The topological polar surface area (TPSA) is 128 Å². The van der Waals surface area contributed by atoms with Crippen LogP contribution in [0.4, 0.5) is 5.95 Å². The van der Waals surface area contributed by atoms with Gasteiger partial charge in [-0.25, -0.2) is 4.98 Å². The van der Waals surface area contributed by atoms with Crippen molar-refractivity contribution < 1.29 is 14.6 Å². The van der Waals surface area contributed by atoms with E-state index < -0.39 is 0 Å². The van der Waals surface area contributed by atoms with E-state index in [1.807, 2.05) is 13.8 Å². The van der Waals surface area contributed by atoms with Gasteiger partial charge in [0.2, 0.25) is 5.95 Å². The van der Waals surface area contributed by atoms with Crippen LogP contribution in [0.2, 0.25) is 0 Å². The molecular weight excluding hydrogens is 302 g/mol. The van der Waals surface area contributed by atoms with E-state index in [1.54, 1.807) is 4.57 Å². The van der Waals surface area contributed by atoms with Crippen LogP contribution in [0.25, 0.3) is 11.2 Å². The first-order valence-electron chi connectivity index (χ1n) is 7.63. The van der Waals surface area contributed by atoms with Crippen LogP contribution < -0.4 is 11.3 Å². The quantitative estimate of drug-likeness (QED) is 0.558. The second-order valence-corrected chi connectivity index (χ2v) is 5.14. The van der Waals surface area contributed by atoms with E-state index in [2.05, 4.69) is 15.0 Å². The molecule has 2 heterocycles. The van der Waals surface area contributed by atoms with Crippen LogP contribution in [-0.2, 0) is 16.0 Å². The van der Waals surface area contributed by atoms with Crippen molar-refractivity contribution in [2.45, 2.75) is 33.1 Å². The lowest BCUT2D eigenvalue weighted by molar-refractivity contribution is -0.148. The van der Waals surface area contributed by atoms with E-state index in [-0.39, 0.29) is 35.8 Å². The number of aromatic amines is 1. The first-order valence-corrected chi connectivity index (χ1v) is 7.63. The van der Waals surface area contributed by atoms with Crippen LogP contribution in [0.5, 0.6) is 0 Å². The molecule has 0 aliphatic rings. The van der Waals surface area contributed by atoms with Gasteiger partial charge in [-0.05, 0) is 13.8 Å². The first kappa shape index (κ1) is 17.4. The average molecular weight is 325 g/mol. The zero-order valence-corrected chi connectivity index (χ0v) is 13.4. The van der Waals surface area contributed by atoms with Gasteiger partial charge in [-0.1, -0.05) is 0 Å². The Hall–Kier alpha value is -1.97. The van der Waals surface area contributed by atoms with Crippen LogP contribution >= 0.6 is 0 Å². The number of imidazole rings is 1. The highest BCUT2D eigenvalue weighted by Gasteiger charge is 2.19. The van der Waals surface area contributed by atoms with E-state index >= 15 is 0 Å². The molecule has 0 unspecified atom stereocenters. The largest absolute Gasteiger partial charge is 0.396 e. The van der Waals surface area contributed by atoms with Gasteiger partial charge in [-0.2, -0.15) is 4.98 Å². The SMILES string of the molecule is CCOC(C[C@H](CO)Cn1cnc2c(=O)[nH]c(N)nc21)OCC. The number of nitrogens with two attached hydrogens (primary N) is 1. The van der Waals surface area contributed by atoms with Gasteiger partial charge in [-0.3, -0.25) is 9.78 Å². The van der Waals surface area contributed by atoms with Crippen LogP contribution in [-0.4, -0.2) is 50.7 Å². The molecule has 0 aliphatic heterocycles. The number of fused-ring (bicyclic) bond motifs is 1. The Bertz CT molecular complexity index is 677. The lowest BCUT2D eigenvalue weighted by Gasteiger charge is -2.22. The summed E-state index contributed by atoms with van der Waals surface area (Å²) in [6, 6.07) is 0. The van der Waals surface area contributed by atoms with Crippen molar-refractivity contribution in [3.63, 3.8) is 0 Å². The molecule has 0 saturated heterocycles. The molecule has 2 aromatic heterocycles. The summed E-state index contributed by atoms with van der Waals surface area (Å²) in [7, 11) is 0. The van der Waals surface area contributed by atoms with Crippen molar-refractivity contribution in [2.24, 2.45) is 5.92 Å². The smallest absolute Gasteiger partial charge is 0.280 e. The monoisotopic (exact) mass is 325 g/mol. The number of aliphatic hydroxyl groups excluding tert-OH is 1. The highest BCUT2D eigenvalue weighted by Crippen LogP contribution is 2.16. The molecule has 0 bridgehead atoms. The number of nitrogen functional groups attached to an aromatic ring is 1. The number of hydrogen-bond donors (Lipinski definition) is 3. The molecule has 2 rings (SSSR count). The second-order valence-electron chi connectivity index (χ2n) is 5.14. The summed E-state index contributed by atoms with van der Waals surface area (Å²) < 4.78 is 12.7. The lowest BCUT2D eigenvalue weighted by atomic mass is 10.1. The standard InChI is InChI=1S/C14H23N5O4/c1-3-22-10(23-4-2)5-9(7-20)6-19-8-16-11-12(19)17-14(15)18-13(11)21/h8-10,20H,3-7H2,1-2H3,(H3,15,17,18,21)/t9-/m0/s1. The van der Waals surface area contributed by atoms with Gasteiger partial charge in [0.15, 0.2) is 17.5 Å². The Labute approximate surface area is 133 Å². The summed E-state index contributed by atoms with van der Waals surface area (Å²) in [6.07, 6.45) is 1.67. The van der Waals surface area contributed by atoms with Crippen molar-refractivity contribution in [3.8, 4) is 0 Å². The molecule has 1 atom stereocenters. The molecule has 2 aromatic rings. The van der Waals surface area contributed by atoms with E-state index in [9.17, 15) is 9.90 Å². The molecule has 23 heavy (non-hydrogen) atoms. The molecule has 0 fully saturated rings. The highest BCUT2D eigenvalue weighted by atomic mass is 16.7. The molecule has 0 saturated carbocycles. The third-order valence-electron chi connectivity index (χ3n) is 3.44. The minimum absolute atomic E-state index is 0.0336. The van der Waals surface area contributed by atoms with Crippen LogP contribution in [0.3, 0.4) is 0 Å². The first-order chi connectivity index (χ1) is 11.1. The highest BCUT2D eigenvalue weighted by molar-refractivity contribution is 5.70. The molecule has 0 radical (unpaired) electrons. The van der Waals surface area contributed by atoms with E-state index in [1.165, 1.54) is 6.33 Å². The Morgan fingerprint density at radius 2 is 2.09 bits per heavy atom. The third-order valence-corrected chi connectivity index (χ3v) is 3.44. The number of nitrogens with one attached hydrogen (secondary N) is 1. The Kier molecular flexibility index (Phi) is 6.08. The van der Waals surface area contributed by atoms with Gasteiger partial charge in [0.25, 0.3) is 5.56 Å². The number of rotatable bonds is 9.